The van der Waals surface area contributed by atoms with Gasteiger partial charge in [0.2, 0.25) is 0 Å². The van der Waals surface area contributed by atoms with Crippen LogP contribution in [0, 0.1) is 5.82 Å². The lowest BCUT2D eigenvalue weighted by atomic mass is 10.1. The molecular weight excluding hydrogens is 425 g/mol. The third-order valence-electron chi connectivity index (χ3n) is 4.48. The zero-order chi connectivity index (χ0) is 22.0. The predicted octanol–water partition coefficient (Wildman–Crippen LogP) is 4.48. The molecule has 0 fully saturated rings. The molecule has 0 saturated carbocycles. The highest BCUT2D eigenvalue weighted by molar-refractivity contribution is 6.33. The number of aromatic nitrogens is 2. The number of carbonyl (C=O) groups excluding carboxylic acids is 1. The van der Waals surface area contributed by atoms with Crippen molar-refractivity contribution in [3.8, 4) is 5.75 Å². The maximum atomic E-state index is 13.1. The normalized spacial score (nSPS) is 10.9. The molecule has 0 aliphatic heterocycles. The summed E-state index contributed by atoms with van der Waals surface area (Å²) in [5.74, 6) is -0.224. The molecule has 0 bridgehead atoms. The van der Waals surface area contributed by atoms with Crippen molar-refractivity contribution in [1.29, 1.82) is 0 Å². The first-order valence-electron chi connectivity index (χ1n) is 9.42. The van der Waals surface area contributed by atoms with Gasteiger partial charge in [-0.2, -0.15) is 5.10 Å². The van der Waals surface area contributed by atoms with Gasteiger partial charge in [0, 0.05) is 23.7 Å². The van der Waals surface area contributed by atoms with Crippen molar-refractivity contribution >= 4 is 34.3 Å². The molecular formula is C22H17ClFN3O4. The summed E-state index contributed by atoms with van der Waals surface area (Å²) in [6, 6.07) is 12.0. The fraction of sp³-hybridized carbons (Fsp3) is 0.136. The van der Waals surface area contributed by atoms with E-state index in [4.69, 9.17) is 20.8 Å². The molecule has 1 amide bonds. The van der Waals surface area contributed by atoms with Crippen molar-refractivity contribution in [2.45, 2.75) is 13.5 Å². The van der Waals surface area contributed by atoms with Crippen molar-refractivity contribution in [1.82, 2.24) is 9.78 Å². The van der Waals surface area contributed by atoms with E-state index < -0.39 is 11.5 Å². The highest BCUT2D eigenvalue weighted by Gasteiger charge is 2.17. The minimum Gasteiger partial charge on any atom is -0.494 e. The molecule has 0 aliphatic rings. The zero-order valence-corrected chi connectivity index (χ0v) is 17.1. The average molecular weight is 442 g/mol. The number of rotatable bonds is 6. The van der Waals surface area contributed by atoms with Crippen LogP contribution >= 0.6 is 11.6 Å². The van der Waals surface area contributed by atoms with Gasteiger partial charge in [0.25, 0.3) is 5.91 Å². The summed E-state index contributed by atoms with van der Waals surface area (Å²) < 4.78 is 25.2. The van der Waals surface area contributed by atoms with Crippen LogP contribution in [0.3, 0.4) is 0 Å². The van der Waals surface area contributed by atoms with Crippen molar-refractivity contribution in [3.05, 3.63) is 87.1 Å². The number of halogens is 2. The molecule has 4 aromatic rings. The van der Waals surface area contributed by atoms with Crippen molar-refractivity contribution in [2.75, 3.05) is 11.9 Å². The van der Waals surface area contributed by atoms with Crippen LogP contribution in [0.25, 0.3) is 11.0 Å². The fourth-order valence-corrected chi connectivity index (χ4v) is 3.30. The Morgan fingerprint density at radius 1 is 1.23 bits per heavy atom. The maximum Gasteiger partial charge on any atom is 0.337 e. The lowest BCUT2D eigenvalue weighted by Crippen LogP contribution is -2.16. The number of benzene rings is 2. The van der Waals surface area contributed by atoms with Crippen LogP contribution in [0.2, 0.25) is 5.02 Å². The van der Waals surface area contributed by atoms with E-state index in [1.165, 1.54) is 16.8 Å². The van der Waals surface area contributed by atoms with Crippen LogP contribution in [0.15, 0.2) is 63.9 Å². The van der Waals surface area contributed by atoms with Crippen LogP contribution in [0.5, 0.6) is 5.75 Å². The molecule has 0 spiro atoms. The molecule has 2 aromatic heterocycles. The second-order valence-electron chi connectivity index (χ2n) is 6.67. The molecule has 0 atom stereocenters. The van der Waals surface area contributed by atoms with Gasteiger partial charge in [-0.1, -0.05) is 23.7 Å². The molecule has 2 aromatic carbocycles. The molecule has 4 rings (SSSR count). The molecule has 2 heterocycles. The van der Waals surface area contributed by atoms with E-state index in [2.05, 4.69) is 10.4 Å². The summed E-state index contributed by atoms with van der Waals surface area (Å²) in [6.07, 6.45) is 1.55. The largest absolute Gasteiger partial charge is 0.494 e. The summed E-state index contributed by atoms with van der Waals surface area (Å²) in [6.45, 7) is 2.63. The molecule has 0 radical (unpaired) electrons. The highest BCUT2D eigenvalue weighted by Crippen LogP contribution is 2.25. The number of ether oxygens (including phenoxy) is 1. The number of anilines is 1. The minimum atomic E-state index is -0.667. The van der Waals surface area contributed by atoms with Gasteiger partial charge in [0.05, 0.1) is 18.7 Å². The molecule has 0 aliphatic carbocycles. The Bertz CT molecular complexity index is 1310. The third-order valence-corrected chi connectivity index (χ3v) is 4.76. The third kappa shape index (κ3) is 4.59. The number of nitrogens with zero attached hydrogens (tertiary/aromatic N) is 2. The minimum absolute atomic E-state index is 0.124. The van der Waals surface area contributed by atoms with Gasteiger partial charge in [0.15, 0.2) is 5.82 Å². The standard InChI is InChI=1S/C22H17ClFN3O4/c1-2-30-15-7-8-16-17(10-20(28)31-19(16)9-15)22(29)25-21-18(23)12-27(26-21)11-13-3-5-14(24)6-4-13/h3-10,12H,2,11H2,1H3,(H,25,26,29). The monoisotopic (exact) mass is 441 g/mol. The zero-order valence-electron chi connectivity index (χ0n) is 16.4. The van der Waals surface area contributed by atoms with Gasteiger partial charge < -0.3 is 14.5 Å². The quantitative estimate of drug-likeness (QED) is 0.446. The smallest absolute Gasteiger partial charge is 0.337 e. The lowest BCUT2D eigenvalue weighted by molar-refractivity contribution is 0.102. The van der Waals surface area contributed by atoms with Crippen LogP contribution in [0.1, 0.15) is 22.8 Å². The van der Waals surface area contributed by atoms with E-state index in [1.807, 2.05) is 6.92 Å². The summed E-state index contributed by atoms with van der Waals surface area (Å²) in [5.41, 5.74) is 0.504. The highest BCUT2D eigenvalue weighted by atomic mass is 35.5. The Kier molecular flexibility index (Phi) is 5.73. The topological polar surface area (TPSA) is 86.4 Å². The van der Waals surface area contributed by atoms with Gasteiger partial charge in [-0.3, -0.25) is 9.48 Å². The summed E-state index contributed by atoms with van der Waals surface area (Å²) in [7, 11) is 0. The lowest BCUT2D eigenvalue weighted by Gasteiger charge is -2.08. The van der Waals surface area contributed by atoms with Crippen LogP contribution < -0.4 is 15.7 Å². The molecule has 0 saturated heterocycles. The van der Waals surface area contributed by atoms with E-state index in [1.54, 1.807) is 36.5 Å². The summed E-state index contributed by atoms with van der Waals surface area (Å²) in [4.78, 5) is 24.8. The summed E-state index contributed by atoms with van der Waals surface area (Å²) in [5, 5.41) is 7.57. The number of hydrogen-bond donors (Lipinski definition) is 1. The Hall–Kier alpha value is -3.65. The van der Waals surface area contributed by atoms with Gasteiger partial charge in [-0.15, -0.1) is 0 Å². The number of fused-ring (bicyclic) bond motifs is 1. The van der Waals surface area contributed by atoms with Gasteiger partial charge in [-0.25, -0.2) is 9.18 Å². The van der Waals surface area contributed by atoms with Crippen LogP contribution in [-0.4, -0.2) is 22.3 Å². The number of carbonyl (C=O) groups is 1. The molecule has 31 heavy (non-hydrogen) atoms. The van der Waals surface area contributed by atoms with Gasteiger partial charge in [0.1, 0.15) is 22.2 Å². The van der Waals surface area contributed by atoms with Gasteiger partial charge >= 0.3 is 5.63 Å². The first kappa shape index (κ1) is 20.6. The average Bonchev–Trinajstić information content (AvgIpc) is 3.07. The van der Waals surface area contributed by atoms with Crippen LogP contribution in [0.4, 0.5) is 10.2 Å². The first-order chi connectivity index (χ1) is 14.9. The van der Waals surface area contributed by atoms with Gasteiger partial charge in [-0.05, 0) is 36.8 Å². The number of hydrogen-bond acceptors (Lipinski definition) is 5. The molecule has 9 heteroatoms. The fourth-order valence-electron chi connectivity index (χ4n) is 3.10. The first-order valence-corrected chi connectivity index (χ1v) is 9.80. The van der Waals surface area contributed by atoms with Crippen molar-refractivity contribution in [3.63, 3.8) is 0 Å². The van der Waals surface area contributed by atoms with Crippen molar-refractivity contribution < 1.29 is 18.3 Å². The SMILES string of the molecule is CCOc1ccc2c(C(=O)Nc3nn(Cc4ccc(F)cc4)cc3Cl)cc(=O)oc2c1. The Morgan fingerprint density at radius 2 is 2.00 bits per heavy atom. The predicted molar refractivity (Wildman–Crippen MR) is 114 cm³/mol. The second-order valence-corrected chi connectivity index (χ2v) is 7.08. The second kappa shape index (κ2) is 8.61. The summed E-state index contributed by atoms with van der Waals surface area (Å²) >= 11 is 6.22. The molecule has 7 nitrogen and oxygen atoms in total. The van der Waals surface area contributed by atoms with E-state index in [9.17, 15) is 14.0 Å². The number of amides is 1. The van der Waals surface area contributed by atoms with E-state index >= 15 is 0 Å². The molecule has 0 unspecified atom stereocenters. The Labute approximate surface area is 181 Å². The van der Waals surface area contributed by atoms with Crippen LogP contribution in [-0.2, 0) is 6.54 Å². The molecule has 158 valence electrons. The molecule has 1 N–H and O–H groups in total. The van der Waals surface area contributed by atoms with Crippen molar-refractivity contribution in [2.24, 2.45) is 0 Å². The number of nitrogens with one attached hydrogen (secondary N) is 1. The van der Waals surface area contributed by atoms with E-state index in [-0.39, 0.29) is 27.8 Å². The maximum absolute atomic E-state index is 13.1. The Morgan fingerprint density at radius 3 is 2.74 bits per heavy atom. The van der Waals surface area contributed by atoms with E-state index in [0.29, 0.717) is 24.3 Å². The van der Waals surface area contributed by atoms with E-state index in [0.717, 1.165) is 11.6 Å². The Balaban J connectivity index is 1.59.